The second-order valence-corrected chi connectivity index (χ2v) is 6.21. The molecule has 0 saturated heterocycles. The number of ether oxygens (including phenoxy) is 1. The maximum absolute atomic E-state index is 12.6. The lowest BCUT2D eigenvalue weighted by Crippen LogP contribution is -2.41. The van der Waals surface area contributed by atoms with Gasteiger partial charge in [-0.1, -0.05) is 37.3 Å². The summed E-state index contributed by atoms with van der Waals surface area (Å²) in [7, 11) is 1.57. The molecule has 27 heavy (non-hydrogen) atoms. The molecule has 0 aliphatic carbocycles. The molecule has 1 amide bonds. The summed E-state index contributed by atoms with van der Waals surface area (Å²) >= 11 is 0. The summed E-state index contributed by atoms with van der Waals surface area (Å²) in [6.07, 6.45) is 1.47. The maximum Gasteiger partial charge on any atom is 0.330 e. The number of nitrogens with two attached hydrogens (primary N) is 1. The van der Waals surface area contributed by atoms with Crippen LogP contribution in [-0.2, 0) is 16.1 Å². The molecule has 0 atom stereocenters. The maximum atomic E-state index is 12.6. The minimum Gasteiger partial charge on any atom is -0.385 e. The molecule has 0 aliphatic heterocycles. The minimum atomic E-state index is -0.663. The van der Waals surface area contributed by atoms with Gasteiger partial charge in [0.2, 0.25) is 5.91 Å². The number of anilines is 2. The lowest BCUT2D eigenvalue weighted by atomic mass is 10.2. The van der Waals surface area contributed by atoms with Gasteiger partial charge in [0.1, 0.15) is 5.82 Å². The van der Waals surface area contributed by atoms with Crippen LogP contribution in [0.15, 0.2) is 39.9 Å². The zero-order chi connectivity index (χ0) is 19.8. The van der Waals surface area contributed by atoms with Crippen molar-refractivity contribution >= 4 is 17.4 Å². The lowest BCUT2D eigenvalue weighted by Gasteiger charge is -2.24. The van der Waals surface area contributed by atoms with Crippen molar-refractivity contribution in [2.24, 2.45) is 0 Å². The Morgan fingerprint density at radius 3 is 2.59 bits per heavy atom. The summed E-state index contributed by atoms with van der Waals surface area (Å²) in [4.78, 5) is 41.0. The van der Waals surface area contributed by atoms with Gasteiger partial charge >= 0.3 is 5.69 Å². The number of rotatable bonds is 9. The largest absolute Gasteiger partial charge is 0.385 e. The molecule has 8 nitrogen and oxygen atoms in total. The van der Waals surface area contributed by atoms with E-state index in [2.05, 4.69) is 4.98 Å². The first-order valence-corrected chi connectivity index (χ1v) is 8.95. The summed E-state index contributed by atoms with van der Waals surface area (Å²) in [5.41, 5.74) is 5.79. The summed E-state index contributed by atoms with van der Waals surface area (Å²) < 4.78 is 6.31. The van der Waals surface area contributed by atoms with E-state index in [1.165, 1.54) is 9.47 Å². The Bertz CT molecular complexity index is 874. The number of nitrogen functional groups attached to an aromatic ring is 1. The highest BCUT2D eigenvalue weighted by atomic mass is 16.5. The van der Waals surface area contributed by atoms with Crippen LogP contribution in [0, 0.1) is 0 Å². The Morgan fingerprint density at radius 2 is 1.96 bits per heavy atom. The van der Waals surface area contributed by atoms with Crippen molar-refractivity contribution in [3.05, 3.63) is 56.7 Å². The molecule has 2 aromatic rings. The van der Waals surface area contributed by atoms with E-state index in [0.717, 1.165) is 5.56 Å². The van der Waals surface area contributed by atoms with Crippen molar-refractivity contribution in [3.63, 3.8) is 0 Å². The number of amides is 1. The molecular formula is C19H26N4O4. The van der Waals surface area contributed by atoms with E-state index in [1.54, 1.807) is 7.11 Å². The Morgan fingerprint density at radius 1 is 1.26 bits per heavy atom. The predicted molar refractivity (Wildman–Crippen MR) is 105 cm³/mol. The highest BCUT2D eigenvalue weighted by molar-refractivity contribution is 5.95. The van der Waals surface area contributed by atoms with Gasteiger partial charge in [0, 0.05) is 26.7 Å². The third-order valence-corrected chi connectivity index (χ3v) is 4.16. The van der Waals surface area contributed by atoms with Gasteiger partial charge < -0.3 is 15.4 Å². The number of hydrogen-bond acceptors (Lipinski definition) is 5. The number of nitrogens with one attached hydrogen (secondary N) is 1. The van der Waals surface area contributed by atoms with E-state index in [1.807, 2.05) is 37.3 Å². The molecule has 2 rings (SSSR count). The first-order valence-electron chi connectivity index (χ1n) is 8.95. The first kappa shape index (κ1) is 20.4. The van der Waals surface area contributed by atoms with Gasteiger partial charge in [0.15, 0.2) is 5.69 Å². The lowest BCUT2D eigenvalue weighted by molar-refractivity contribution is -0.118. The standard InChI is InChI=1S/C19H26N4O4/c1-3-8-15(24)22(11-7-12-27-2)16-17(20)23(19(26)21-18(16)25)13-14-9-5-4-6-10-14/h4-6,9-10H,3,7-8,11-13,20H2,1-2H3,(H,21,25,26). The van der Waals surface area contributed by atoms with Gasteiger partial charge in [-0.05, 0) is 18.4 Å². The van der Waals surface area contributed by atoms with Crippen LogP contribution < -0.4 is 21.9 Å². The van der Waals surface area contributed by atoms with E-state index in [9.17, 15) is 14.4 Å². The average molecular weight is 374 g/mol. The fraction of sp³-hybridized carbons (Fsp3) is 0.421. The van der Waals surface area contributed by atoms with Crippen molar-refractivity contribution in [1.29, 1.82) is 0 Å². The monoisotopic (exact) mass is 374 g/mol. The number of aromatic amines is 1. The molecule has 0 bridgehead atoms. The van der Waals surface area contributed by atoms with Crippen LogP contribution in [0.3, 0.4) is 0 Å². The number of hydrogen-bond donors (Lipinski definition) is 2. The smallest absolute Gasteiger partial charge is 0.330 e. The normalized spacial score (nSPS) is 10.7. The highest BCUT2D eigenvalue weighted by Crippen LogP contribution is 2.19. The molecule has 0 aliphatic rings. The molecule has 1 aromatic heterocycles. The third-order valence-electron chi connectivity index (χ3n) is 4.16. The summed E-state index contributed by atoms with van der Waals surface area (Å²) in [5, 5.41) is 0. The van der Waals surface area contributed by atoms with Crippen molar-refractivity contribution in [2.75, 3.05) is 30.9 Å². The van der Waals surface area contributed by atoms with Gasteiger partial charge in [-0.2, -0.15) is 0 Å². The van der Waals surface area contributed by atoms with Gasteiger partial charge in [0.25, 0.3) is 5.56 Å². The van der Waals surface area contributed by atoms with Crippen molar-refractivity contribution < 1.29 is 9.53 Å². The molecule has 3 N–H and O–H groups in total. The second-order valence-electron chi connectivity index (χ2n) is 6.21. The SMILES string of the molecule is CCCC(=O)N(CCCOC)c1c(N)n(Cc2ccccc2)c(=O)[nH]c1=O. The van der Waals surface area contributed by atoms with E-state index in [-0.39, 0.29) is 36.9 Å². The van der Waals surface area contributed by atoms with E-state index < -0.39 is 11.2 Å². The second kappa shape index (κ2) is 9.72. The molecule has 146 valence electrons. The number of nitrogens with zero attached hydrogens (tertiary/aromatic N) is 2. The molecule has 0 fully saturated rings. The zero-order valence-electron chi connectivity index (χ0n) is 15.7. The third kappa shape index (κ3) is 5.07. The van der Waals surface area contributed by atoms with Gasteiger partial charge in [-0.15, -0.1) is 0 Å². The number of H-pyrrole nitrogens is 1. The average Bonchev–Trinajstić information content (AvgIpc) is 2.65. The topological polar surface area (TPSA) is 110 Å². The molecule has 0 saturated carbocycles. The molecule has 0 spiro atoms. The number of carbonyl (C=O) groups excluding carboxylic acids is 1. The summed E-state index contributed by atoms with van der Waals surface area (Å²) in [6, 6.07) is 9.29. The Hall–Kier alpha value is -2.87. The number of methoxy groups -OCH3 is 1. The fourth-order valence-corrected chi connectivity index (χ4v) is 2.84. The molecule has 1 aromatic carbocycles. The van der Waals surface area contributed by atoms with Gasteiger partial charge in [-0.25, -0.2) is 4.79 Å². The Kier molecular flexibility index (Phi) is 7.36. The number of benzene rings is 1. The predicted octanol–water partition coefficient (Wildman–Crippen LogP) is 1.34. The van der Waals surface area contributed by atoms with Crippen LogP contribution in [0.4, 0.5) is 11.5 Å². The van der Waals surface area contributed by atoms with E-state index >= 15 is 0 Å². The number of carbonyl (C=O) groups is 1. The van der Waals surface area contributed by atoms with Gasteiger partial charge in [0.05, 0.1) is 6.54 Å². The van der Waals surface area contributed by atoms with Crippen LogP contribution in [0.5, 0.6) is 0 Å². The zero-order valence-corrected chi connectivity index (χ0v) is 15.7. The Labute approximate surface area is 157 Å². The van der Waals surface area contributed by atoms with Crippen LogP contribution in [0.1, 0.15) is 31.7 Å². The quantitative estimate of drug-likeness (QED) is 0.644. The number of aromatic nitrogens is 2. The van der Waals surface area contributed by atoms with Crippen LogP contribution in [0.2, 0.25) is 0 Å². The molecule has 1 heterocycles. The Balaban J connectivity index is 2.48. The summed E-state index contributed by atoms with van der Waals surface area (Å²) in [5.74, 6) is -0.231. The summed E-state index contributed by atoms with van der Waals surface area (Å²) in [6.45, 7) is 2.80. The first-order chi connectivity index (χ1) is 13.0. The van der Waals surface area contributed by atoms with Crippen LogP contribution in [0.25, 0.3) is 0 Å². The van der Waals surface area contributed by atoms with E-state index in [0.29, 0.717) is 19.4 Å². The molecule has 8 heteroatoms. The van der Waals surface area contributed by atoms with Gasteiger partial charge in [-0.3, -0.25) is 19.1 Å². The molecule has 0 unspecified atom stereocenters. The van der Waals surface area contributed by atoms with Crippen molar-refractivity contribution in [1.82, 2.24) is 9.55 Å². The highest BCUT2D eigenvalue weighted by Gasteiger charge is 2.23. The van der Waals surface area contributed by atoms with E-state index in [4.69, 9.17) is 10.5 Å². The van der Waals surface area contributed by atoms with Crippen molar-refractivity contribution in [2.45, 2.75) is 32.7 Å². The van der Waals surface area contributed by atoms with Crippen LogP contribution in [-0.4, -0.2) is 35.7 Å². The molecular weight excluding hydrogens is 348 g/mol. The van der Waals surface area contributed by atoms with Crippen LogP contribution >= 0.6 is 0 Å². The van der Waals surface area contributed by atoms with Crippen molar-refractivity contribution in [3.8, 4) is 0 Å². The molecule has 0 radical (unpaired) electrons. The fourth-order valence-electron chi connectivity index (χ4n) is 2.84. The minimum absolute atomic E-state index is 0.0140.